The Morgan fingerprint density at radius 1 is 0.897 bits per heavy atom. The summed E-state index contributed by atoms with van der Waals surface area (Å²) in [5, 5.41) is 10.7. The van der Waals surface area contributed by atoms with Crippen LogP contribution >= 0.6 is 0 Å². The van der Waals surface area contributed by atoms with Gasteiger partial charge in [0.2, 0.25) is 0 Å². The Hall–Kier alpha value is -4.60. The van der Waals surface area contributed by atoms with Crippen LogP contribution in [0.5, 0.6) is 0 Å². The number of hydrogen-bond donors (Lipinski definition) is 2. The molecule has 2 unspecified atom stereocenters. The number of benzene rings is 3. The SMILES string of the molecule is O=C(Nc1ccc(F)cc1)N1CC2CN(C(=O)c3cc(Cc4n[nH]c(=O)c5ccccc45)ccc3F)CC2C1. The Kier molecular flexibility index (Phi) is 6.30. The predicted octanol–water partition coefficient (Wildman–Crippen LogP) is 4.03. The van der Waals surface area contributed by atoms with Crippen LogP contribution in [0, 0.1) is 23.5 Å². The van der Waals surface area contributed by atoms with E-state index in [1.165, 1.54) is 30.3 Å². The van der Waals surface area contributed by atoms with Gasteiger partial charge >= 0.3 is 6.03 Å². The molecule has 2 aliphatic rings. The number of carbonyl (C=O) groups excluding carboxylic acids is 2. The van der Waals surface area contributed by atoms with Gasteiger partial charge in [0.25, 0.3) is 11.5 Å². The normalized spacial score (nSPS) is 18.4. The number of nitrogens with zero attached hydrogens (tertiary/aromatic N) is 3. The van der Waals surface area contributed by atoms with Gasteiger partial charge in [-0.25, -0.2) is 18.7 Å². The average Bonchev–Trinajstić information content (AvgIpc) is 3.52. The molecule has 2 fully saturated rings. The van der Waals surface area contributed by atoms with Crippen LogP contribution in [0.4, 0.5) is 19.3 Å². The average molecular weight is 530 g/mol. The maximum atomic E-state index is 14.8. The molecule has 4 aromatic rings. The van der Waals surface area contributed by atoms with Crippen molar-refractivity contribution in [1.82, 2.24) is 20.0 Å². The van der Waals surface area contributed by atoms with Gasteiger partial charge < -0.3 is 15.1 Å². The number of likely N-dealkylation sites (tertiary alicyclic amines) is 2. The number of halogens is 2. The molecule has 3 heterocycles. The van der Waals surface area contributed by atoms with Crippen LogP contribution in [0.1, 0.15) is 21.6 Å². The summed E-state index contributed by atoms with van der Waals surface area (Å²) >= 11 is 0. The summed E-state index contributed by atoms with van der Waals surface area (Å²) in [4.78, 5) is 41.5. The van der Waals surface area contributed by atoms with Gasteiger partial charge in [-0.15, -0.1) is 0 Å². The highest BCUT2D eigenvalue weighted by Crippen LogP contribution is 2.33. The van der Waals surface area contributed by atoms with E-state index in [1.807, 2.05) is 12.1 Å². The van der Waals surface area contributed by atoms with Crippen molar-refractivity contribution in [3.8, 4) is 0 Å². The lowest BCUT2D eigenvalue weighted by molar-refractivity contribution is 0.0772. The van der Waals surface area contributed by atoms with E-state index in [0.29, 0.717) is 60.3 Å². The molecule has 3 aromatic carbocycles. The number of aromatic amines is 1. The molecule has 2 aliphatic heterocycles. The number of carbonyl (C=O) groups is 2. The first-order valence-corrected chi connectivity index (χ1v) is 12.7. The number of urea groups is 1. The lowest BCUT2D eigenvalue weighted by atomic mass is 10.0. The van der Waals surface area contributed by atoms with Crippen molar-refractivity contribution >= 4 is 28.4 Å². The summed E-state index contributed by atoms with van der Waals surface area (Å²) < 4.78 is 27.9. The maximum Gasteiger partial charge on any atom is 0.321 e. The van der Waals surface area contributed by atoms with Crippen molar-refractivity contribution < 1.29 is 18.4 Å². The molecule has 2 N–H and O–H groups in total. The smallest absolute Gasteiger partial charge is 0.321 e. The number of amides is 3. The molecule has 2 atom stereocenters. The molecular weight excluding hydrogens is 504 g/mol. The van der Waals surface area contributed by atoms with E-state index in [4.69, 9.17) is 0 Å². The first-order chi connectivity index (χ1) is 18.9. The third-order valence-corrected chi connectivity index (χ3v) is 7.56. The van der Waals surface area contributed by atoms with Gasteiger partial charge in [-0.3, -0.25) is 9.59 Å². The van der Waals surface area contributed by atoms with Crippen LogP contribution in [0.2, 0.25) is 0 Å². The molecule has 0 spiro atoms. The molecule has 0 saturated carbocycles. The number of hydrogen-bond acceptors (Lipinski definition) is 4. The van der Waals surface area contributed by atoms with Gasteiger partial charge in [-0.2, -0.15) is 5.10 Å². The zero-order valence-corrected chi connectivity index (χ0v) is 20.9. The van der Waals surface area contributed by atoms with Gasteiger partial charge in [-0.1, -0.05) is 24.3 Å². The Balaban J connectivity index is 1.13. The van der Waals surface area contributed by atoms with Gasteiger partial charge in [0.1, 0.15) is 11.6 Å². The molecule has 39 heavy (non-hydrogen) atoms. The number of fused-ring (bicyclic) bond motifs is 2. The fraction of sp³-hybridized carbons (Fsp3) is 0.241. The lowest BCUT2D eigenvalue weighted by Crippen LogP contribution is -2.37. The third kappa shape index (κ3) is 4.85. The van der Waals surface area contributed by atoms with Crippen molar-refractivity contribution in [1.29, 1.82) is 0 Å². The van der Waals surface area contributed by atoms with E-state index < -0.39 is 5.82 Å². The molecule has 0 aliphatic carbocycles. The van der Waals surface area contributed by atoms with Gasteiger partial charge in [-0.05, 0) is 48.0 Å². The summed E-state index contributed by atoms with van der Waals surface area (Å²) in [5.74, 6) is -1.17. The number of aromatic nitrogens is 2. The number of H-pyrrole nitrogens is 1. The highest BCUT2D eigenvalue weighted by molar-refractivity contribution is 5.95. The quantitative estimate of drug-likeness (QED) is 0.417. The summed E-state index contributed by atoms with van der Waals surface area (Å²) in [6.45, 7) is 1.82. The van der Waals surface area contributed by atoms with Crippen LogP contribution in [-0.2, 0) is 6.42 Å². The Morgan fingerprint density at radius 3 is 2.28 bits per heavy atom. The van der Waals surface area contributed by atoms with Crippen LogP contribution in [0.15, 0.2) is 71.5 Å². The molecule has 198 valence electrons. The Morgan fingerprint density at radius 2 is 1.56 bits per heavy atom. The highest BCUT2D eigenvalue weighted by Gasteiger charge is 2.43. The molecule has 3 amide bonds. The van der Waals surface area contributed by atoms with Crippen LogP contribution in [-0.4, -0.2) is 58.1 Å². The summed E-state index contributed by atoms with van der Waals surface area (Å²) in [7, 11) is 0. The zero-order chi connectivity index (χ0) is 27.1. The fourth-order valence-corrected chi connectivity index (χ4v) is 5.58. The predicted molar refractivity (Wildman–Crippen MR) is 141 cm³/mol. The first-order valence-electron chi connectivity index (χ1n) is 12.7. The monoisotopic (exact) mass is 529 g/mol. The Bertz CT molecular complexity index is 1620. The van der Waals surface area contributed by atoms with Crippen molar-refractivity contribution in [2.24, 2.45) is 11.8 Å². The minimum atomic E-state index is -0.597. The van der Waals surface area contributed by atoms with Crippen LogP contribution in [0.3, 0.4) is 0 Å². The van der Waals surface area contributed by atoms with Crippen molar-refractivity contribution in [3.05, 3.63) is 106 Å². The van der Waals surface area contributed by atoms with Crippen molar-refractivity contribution in [2.75, 3.05) is 31.5 Å². The van der Waals surface area contributed by atoms with Crippen LogP contribution in [0.25, 0.3) is 10.8 Å². The van der Waals surface area contributed by atoms with E-state index in [2.05, 4.69) is 15.5 Å². The molecule has 8 nitrogen and oxygen atoms in total. The fourth-order valence-electron chi connectivity index (χ4n) is 5.58. The standard InChI is InChI=1S/C29H25F2N5O3/c30-20-6-8-21(9-7-20)32-29(39)36-15-18-13-35(14-19(18)16-36)28(38)24-11-17(5-10-25(24)31)12-26-22-3-1-2-4-23(22)27(37)34-33-26/h1-11,18-19H,12-16H2,(H,32,39)(H,34,37). The van der Waals surface area contributed by atoms with Crippen molar-refractivity contribution in [2.45, 2.75) is 6.42 Å². The topological polar surface area (TPSA) is 98.4 Å². The molecule has 6 rings (SSSR count). The highest BCUT2D eigenvalue weighted by atomic mass is 19.1. The first kappa shape index (κ1) is 24.7. The minimum Gasteiger partial charge on any atom is -0.338 e. The second-order valence-electron chi connectivity index (χ2n) is 10.1. The summed E-state index contributed by atoms with van der Waals surface area (Å²) in [6.07, 6.45) is 0.321. The van der Waals surface area contributed by atoms with Gasteiger partial charge in [0, 0.05) is 55.5 Å². The van der Waals surface area contributed by atoms with E-state index in [-0.39, 0.29) is 40.7 Å². The lowest BCUT2D eigenvalue weighted by Gasteiger charge is -2.22. The van der Waals surface area contributed by atoms with Gasteiger partial charge in [0.15, 0.2) is 0 Å². The second kappa shape index (κ2) is 9.94. The number of rotatable bonds is 4. The molecule has 1 aromatic heterocycles. The van der Waals surface area contributed by atoms with E-state index >= 15 is 0 Å². The van der Waals surface area contributed by atoms with Gasteiger partial charge in [0.05, 0.1) is 16.6 Å². The maximum absolute atomic E-state index is 14.8. The summed E-state index contributed by atoms with van der Waals surface area (Å²) in [6, 6.07) is 16.9. The third-order valence-electron chi connectivity index (χ3n) is 7.56. The van der Waals surface area contributed by atoms with E-state index in [1.54, 1.807) is 34.1 Å². The van der Waals surface area contributed by atoms with Crippen molar-refractivity contribution in [3.63, 3.8) is 0 Å². The molecular formula is C29H25F2N5O3. The number of anilines is 1. The molecule has 0 radical (unpaired) electrons. The minimum absolute atomic E-state index is 0.00730. The number of nitrogens with one attached hydrogen (secondary N) is 2. The van der Waals surface area contributed by atoms with E-state index in [9.17, 15) is 23.2 Å². The Labute approximate surface area is 222 Å². The summed E-state index contributed by atoms with van der Waals surface area (Å²) in [5.41, 5.74) is 1.55. The zero-order valence-electron chi connectivity index (χ0n) is 20.9. The van der Waals surface area contributed by atoms with Crippen LogP contribution < -0.4 is 10.9 Å². The molecule has 10 heteroatoms. The molecule has 2 saturated heterocycles. The largest absolute Gasteiger partial charge is 0.338 e. The van der Waals surface area contributed by atoms with E-state index in [0.717, 1.165) is 0 Å². The molecule has 0 bridgehead atoms. The second-order valence-corrected chi connectivity index (χ2v) is 10.1.